The van der Waals surface area contributed by atoms with Gasteiger partial charge >= 0.3 is 0 Å². The normalized spacial score (nSPS) is 13.8. The van der Waals surface area contributed by atoms with E-state index in [2.05, 4.69) is 10.2 Å². The molecule has 3 heterocycles. The minimum atomic E-state index is -0.138. The van der Waals surface area contributed by atoms with E-state index < -0.39 is 0 Å². The molecule has 0 unspecified atom stereocenters. The largest absolute Gasteiger partial charge is 0.334 e. The average molecular weight is 308 g/mol. The maximum absolute atomic E-state index is 12.6. The van der Waals surface area contributed by atoms with E-state index in [0.717, 1.165) is 11.4 Å². The Morgan fingerprint density at radius 2 is 1.78 bits per heavy atom. The second-order valence-corrected chi connectivity index (χ2v) is 5.65. The Morgan fingerprint density at radius 3 is 2.52 bits per heavy atom. The van der Waals surface area contributed by atoms with E-state index in [4.69, 9.17) is 0 Å². The van der Waals surface area contributed by atoms with Crippen molar-refractivity contribution < 1.29 is 4.79 Å². The highest BCUT2D eigenvalue weighted by molar-refractivity contribution is 5.94. The average Bonchev–Trinajstić information content (AvgIpc) is 3.25. The zero-order valence-corrected chi connectivity index (χ0v) is 12.5. The van der Waals surface area contributed by atoms with Crippen molar-refractivity contribution in [3.05, 3.63) is 76.0 Å². The zero-order valence-electron chi connectivity index (χ0n) is 12.5. The van der Waals surface area contributed by atoms with Crippen LogP contribution in [0.15, 0.2) is 53.6 Å². The molecule has 1 aromatic carbocycles. The van der Waals surface area contributed by atoms with Crippen LogP contribution >= 0.6 is 0 Å². The van der Waals surface area contributed by atoms with Gasteiger partial charge in [0.2, 0.25) is 0 Å². The fraction of sp³-hybridized carbons (Fsp3) is 0.176. The lowest BCUT2D eigenvalue weighted by molar-refractivity contribution is 0.0734. The second kappa shape index (κ2) is 5.31. The number of hydrogen-bond donors (Lipinski definition) is 2. The highest BCUT2D eigenvalue weighted by Crippen LogP contribution is 2.17. The maximum Gasteiger partial charge on any atom is 0.269 e. The summed E-state index contributed by atoms with van der Waals surface area (Å²) >= 11 is 0. The molecule has 6 heteroatoms. The molecule has 0 saturated carbocycles. The van der Waals surface area contributed by atoms with Crippen LogP contribution < -0.4 is 5.56 Å². The highest BCUT2D eigenvalue weighted by Gasteiger charge is 2.24. The molecule has 2 aromatic heterocycles. The van der Waals surface area contributed by atoms with E-state index in [-0.39, 0.29) is 11.5 Å². The first-order chi connectivity index (χ1) is 11.2. The number of hydrogen-bond acceptors (Lipinski definition) is 2. The Balaban J connectivity index is 1.56. The molecule has 6 nitrogen and oxygen atoms in total. The minimum Gasteiger partial charge on any atom is -0.334 e. The summed E-state index contributed by atoms with van der Waals surface area (Å²) in [6.45, 7) is 0.964. The van der Waals surface area contributed by atoms with Gasteiger partial charge in [0.25, 0.3) is 11.5 Å². The number of H-pyrrole nitrogens is 2. The molecule has 1 amide bonds. The number of nitrogens with one attached hydrogen (secondary N) is 2. The minimum absolute atomic E-state index is 0.0460. The van der Waals surface area contributed by atoms with Crippen molar-refractivity contribution in [3.8, 4) is 5.69 Å². The number of aromatic amines is 2. The fourth-order valence-electron chi connectivity index (χ4n) is 2.96. The second-order valence-electron chi connectivity index (χ2n) is 5.65. The molecule has 3 aromatic rings. The molecule has 1 aliphatic rings. The first-order valence-corrected chi connectivity index (χ1v) is 7.53. The predicted molar refractivity (Wildman–Crippen MR) is 85.6 cm³/mol. The van der Waals surface area contributed by atoms with Gasteiger partial charge in [-0.05, 0) is 36.4 Å². The molecule has 116 valence electrons. The van der Waals surface area contributed by atoms with Crippen LogP contribution in [0.25, 0.3) is 5.69 Å². The number of amides is 1. The lowest BCUT2D eigenvalue weighted by Gasteiger charge is -2.26. The van der Waals surface area contributed by atoms with Gasteiger partial charge in [-0.2, -0.15) is 0 Å². The molecule has 1 aliphatic heterocycles. The molecule has 2 N–H and O–H groups in total. The highest BCUT2D eigenvalue weighted by atomic mass is 16.2. The summed E-state index contributed by atoms with van der Waals surface area (Å²) in [7, 11) is 0. The van der Waals surface area contributed by atoms with Crippen molar-refractivity contribution in [2.75, 3.05) is 6.54 Å². The molecule has 0 atom stereocenters. The summed E-state index contributed by atoms with van der Waals surface area (Å²) in [5.74, 6) is -0.0460. The smallest absolute Gasteiger partial charge is 0.269 e. The summed E-state index contributed by atoms with van der Waals surface area (Å²) in [6, 6.07) is 11.4. The van der Waals surface area contributed by atoms with Crippen LogP contribution in [0.2, 0.25) is 0 Å². The third-order valence-corrected chi connectivity index (χ3v) is 4.25. The van der Waals surface area contributed by atoms with E-state index in [0.29, 0.717) is 30.6 Å². The van der Waals surface area contributed by atoms with Crippen molar-refractivity contribution >= 4 is 5.91 Å². The van der Waals surface area contributed by atoms with E-state index in [1.165, 1.54) is 0 Å². The van der Waals surface area contributed by atoms with Gasteiger partial charge in [-0.15, -0.1) is 0 Å². The van der Waals surface area contributed by atoms with E-state index in [9.17, 15) is 9.59 Å². The van der Waals surface area contributed by atoms with Gasteiger partial charge < -0.3 is 14.6 Å². The molecule has 23 heavy (non-hydrogen) atoms. The van der Waals surface area contributed by atoms with Crippen molar-refractivity contribution in [2.45, 2.75) is 13.0 Å². The molecule has 0 spiro atoms. The van der Waals surface area contributed by atoms with Crippen LogP contribution in [0, 0.1) is 0 Å². The molecule has 0 fully saturated rings. The molecular formula is C17H16N4O2. The van der Waals surface area contributed by atoms with Gasteiger partial charge in [-0.3, -0.25) is 14.7 Å². The summed E-state index contributed by atoms with van der Waals surface area (Å²) in [5, 5.41) is 5.45. The van der Waals surface area contributed by atoms with Gasteiger partial charge in [0.05, 0.1) is 12.1 Å². The van der Waals surface area contributed by atoms with Crippen molar-refractivity contribution in [1.29, 1.82) is 0 Å². The van der Waals surface area contributed by atoms with E-state index >= 15 is 0 Å². The Morgan fingerprint density at radius 1 is 1.04 bits per heavy atom. The number of carbonyl (C=O) groups excluding carboxylic acids is 1. The number of nitrogens with zero attached hydrogens (tertiary/aromatic N) is 2. The molecule has 0 saturated heterocycles. The standard InChI is InChI=1S/C17H16N4O2/c22-16-14-11-21(10-7-15(14)18-19-16)17(23)12-3-5-13(6-4-12)20-8-1-2-9-20/h1-6,8-9H,7,10-11H2,(H2,18,19,22). The molecular weight excluding hydrogens is 292 g/mol. The molecule has 4 rings (SSSR count). The Kier molecular flexibility index (Phi) is 3.15. The van der Waals surface area contributed by atoms with E-state index in [1.54, 1.807) is 4.90 Å². The first kappa shape index (κ1) is 13.6. The number of benzene rings is 1. The van der Waals surface area contributed by atoms with Crippen LogP contribution in [-0.2, 0) is 13.0 Å². The third kappa shape index (κ3) is 2.38. The van der Waals surface area contributed by atoms with Crippen molar-refractivity contribution in [1.82, 2.24) is 19.7 Å². The molecule has 0 bridgehead atoms. The van der Waals surface area contributed by atoms with E-state index in [1.807, 2.05) is 53.4 Å². The Labute approximate surface area is 132 Å². The SMILES string of the molecule is O=C(c1ccc(-n2cccc2)cc1)N1CCc2[nH][nH]c(=O)c2C1. The van der Waals surface area contributed by atoms with Gasteiger partial charge in [-0.1, -0.05) is 0 Å². The summed E-state index contributed by atoms with van der Waals surface area (Å²) in [5.41, 5.74) is 3.07. The quantitative estimate of drug-likeness (QED) is 0.756. The van der Waals surface area contributed by atoms with Crippen LogP contribution in [0.4, 0.5) is 0 Å². The number of fused-ring (bicyclic) bond motifs is 1. The van der Waals surface area contributed by atoms with Crippen LogP contribution in [0.1, 0.15) is 21.6 Å². The van der Waals surface area contributed by atoms with Crippen LogP contribution in [0.5, 0.6) is 0 Å². The van der Waals surface area contributed by atoms with Gasteiger partial charge in [-0.25, -0.2) is 0 Å². The van der Waals surface area contributed by atoms with Crippen molar-refractivity contribution in [2.24, 2.45) is 0 Å². The predicted octanol–water partition coefficient (Wildman–Crippen LogP) is 1.69. The van der Waals surface area contributed by atoms with Crippen LogP contribution in [0.3, 0.4) is 0 Å². The summed E-state index contributed by atoms with van der Waals surface area (Å²) in [4.78, 5) is 26.1. The van der Waals surface area contributed by atoms with Gasteiger partial charge in [0.1, 0.15) is 0 Å². The number of rotatable bonds is 2. The fourth-order valence-corrected chi connectivity index (χ4v) is 2.96. The summed E-state index contributed by atoms with van der Waals surface area (Å²) < 4.78 is 1.99. The third-order valence-electron chi connectivity index (χ3n) is 4.25. The molecule has 0 radical (unpaired) electrons. The lowest BCUT2D eigenvalue weighted by Crippen LogP contribution is -2.37. The maximum atomic E-state index is 12.6. The monoisotopic (exact) mass is 308 g/mol. The lowest BCUT2D eigenvalue weighted by atomic mass is 10.1. The number of carbonyl (C=O) groups is 1. The number of aromatic nitrogens is 3. The van der Waals surface area contributed by atoms with Crippen LogP contribution in [-0.4, -0.2) is 32.1 Å². The van der Waals surface area contributed by atoms with Crippen molar-refractivity contribution in [3.63, 3.8) is 0 Å². The van der Waals surface area contributed by atoms with Gasteiger partial charge in [0.15, 0.2) is 0 Å². The molecule has 0 aliphatic carbocycles. The Bertz CT molecular complexity index is 888. The zero-order chi connectivity index (χ0) is 15.8. The Hall–Kier alpha value is -3.02. The topological polar surface area (TPSA) is 73.9 Å². The summed E-state index contributed by atoms with van der Waals surface area (Å²) in [6.07, 6.45) is 4.59. The van der Waals surface area contributed by atoms with Gasteiger partial charge in [0, 0.05) is 42.3 Å². The first-order valence-electron chi connectivity index (χ1n) is 7.53.